The number of aromatic nitrogens is 12. The van der Waals surface area contributed by atoms with Crippen molar-refractivity contribution in [2.45, 2.75) is 62.2 Å². The summed E-state index contributed by atoms with van der Waals surface area (Å²) in [5.74, 6) is 7.80. The zero-order valence-corrected chi connectivity index (χ0v) is 78.2. The third-order valence-corrected chi connectivity index (χ3v) is 29.9. The van der Waals surface area contributed by atoms with E-state index >= 15 is 0 Å². The Morgan fingerprint density at radius 3 is 0.641 bits per heavy atom. The van der Waals surface area contributed by atoms with E-state index in [4.69, 9.17) is 59.8 Å². The first-order valence-electron chi connectivity index (χ1n) is 48.7. The third-order valence-electron chi connectivity index (χ3n) is 29.9. The Hall–Kier alpha value is -18.0. The van der Waals surface area contributed by atoms with Gasteiger partial charge < -0.3 is 0 Å². The minimum Gasteiger partial charge on any atom is -0.208 e. The van der Waals surface area contributed by atoms with Crippen LogP contribution in [0.4, 0.5) is 0 Å². The highest BCUT2D eigenvalue weighted by molar-refractivity contribution is 5.94. The van der Waals surface area contributed by atoms with Gasteiger partial charge in [-0.1, -0.05) is 434 Å². The molecule has 4 atom stereocenters. The maximum absolute atomic E-state index is 5.42. The van der Waals surface area contributed by atoms with Crippen LogP contribution in [0.25, 0.3) is 181 Å². The normalized spacial score (nSPS) is 15.3. The van der Waals surface area contributed by atoms with Crippen molar-refractivity contribution in [2.75, 3.05) is 0 Å². The van der Waals surface area contributed by atoms with E-state index in [1.54, 1.807) is 0 Å². The van der Waals surface area contributed by atoms with E-state index in [-0.39, 0.29) is 34.5 Å². The molecule has 18 aromatic carbocycles. The molecule has 0 saturated carbocycles. The molecule has 8 aliphatic rings. The molecule has 4 bridgehead atoms. The van der Waals surface area contributed by atoms with E-state index in [0.717, 1.165) is 77.9 Å². The molecule has 22 aromatic rings. The topological polar surface area (TPSA) is 155 Å². The van der Waals surface area contributed by atoms with Crippen molar-refractivity contribution < 1.29 is 0 Å². The summed E-state index contributed by atoms with van der Waals surface area (Å²) in [6.45, 7) is 9.37. The van der Waals surface area contributed by atoms with Gasteiger partial charge in [0.25, 0.3) is 0 Å². The van der Waals surface area contributed by atoms with Crippen LogP contribution in [-0.2, 0) is 10.8 Å². The average Bonchev–Trinajstić information content (AvgIpc) is 0.862. The first kappa shape index (κ1) is 83.4. The maximum atomic E-state index is 5.42. The van der Waals surface area contributed by atoms with Crippen LogP contribution in [0, 0.1) is 0 Å². The first-order valence-corrected chi connectivity index (χ1v) is 48.7. The van der Waals surface area contributed by atoms with Crippen LogP contribution in [0.5, 0.6) is 0 Å². The van der Waals surface area contributed by atoms with Gasteiger partial charge in [0.2, 0.25) is 0 Å². The largest absolute Gasteiger partial charge is 0.208 e. The number of rotatable bonds is 14. The summed E-state index contributed by atoms with van der Waals surface area (Å²) in [4.78, 5) is 62.1. The number of hydrogen-bond donors (Lipinski definition) is 0. The maximum Gasteiger partial charge on any atom is 0.164 e. The summed E-state index contributed by atoms with van der Waals surface area (Å²) >= 11 is 0. The predicted molar refractivity (Wildman–Crippen MR) is 567 cm³/mol. The van der Waals surface area contributed by atoms with Crippen molar-refractivity contribution in [1.82, 2.24) is 59.8 Å². The van der Waals surface area contributed by atoms with Crippen LogP contribution in [0.1, 0.15) is 140 Å². The number of fused-ring (bicyclic) bond motifs is 6. The summed E-state index contributed by atoms with van der Waals surface area (Å²) in [6, 6.07) is 155. The van der Waals surface area contributed by atoms with Gasteiger partial charge in [0, 0.05) is 101 Å². The molecule has 142 heavy (non-hydrogen) atoms. The Morgan fingerprint density at radius 1 is 0.134 bits per heavy atom. The standard InChI is InChI=1S/2C65H44N6/c1-65(2)55-32-17-16-26-45(55)51-31-18-30-50(58(51)65)44-25-12-15-29-52(44)64-70-61(41-23-10-5-11-24-41)69-63(71-64)43-34-36-49-54(38-43)57-47-28-14-13-27-46(47)56(49)53-37-42(33-35-48(53)57)62-67-59(39-19-6-3-7-20-39)66-60(68-62)40-21-8-4-9-22-40;1-65(2)55-31-15-14-26-47(55)52-30-17-29-46(58(52)65)42-24-16-25-43(36-42)62-67-61(41-22-10-5-11-23-41)70-64(71-62)45-33-35-51-54(38-45)57-49-28-13-12-27-48(49)56(51)53-37-44(32-34-50(53)57)63-68-59(39-18-6-3-7-19-39)66-60(69-63)40-20-8-4-9-21-40/h2*3-38,56-57H,1-2H3. The van der Waals surface area contributed by atoms with Gasteiger partial charge in [0.1, 0.15) is 0 Å². The average molecular weight is 1820 g/mol. The van der Waals surface area contributed by atoms with Gasteiger partial charge in [-0.3, -0.25) is 0 Å². The summed E-state index contributed by atoms with van der Waals surface area (Å²) in [6.07, 6.45) is 0. The van der Waals surface area contributed by atoms with Gasteiger partial charge in [0.15, 0.2) is 69.9 Å². The lowest BCUT2D eigenvalue weighted by Gasteiger charge is -2.42. The van der Waals surface area contributed by atoms with Gasteiger partial charge in [0.05, 0.1) is 0 Å². The van der Waals surface area contributed by atoms with Crippen LogP contribution < -0.4 is 0 Å². The van der Waals surface area contributed by atoms with Gasteiger partial charge >= 0.3 is 0 Å². The molecule has 4 heterocycles. The molecular weight excluding hydrogens is 1730 g/mol. The quantitative estimate of drug-likeness (QED) is 0.102. The second kappa shape index (κ2) is 33.4. The second-order valence-corrected chi connectivity index (χ2v) is 38.7. The Balaban J connectivity index is 0.000000142. The minimum absolute atomic E-state index is 0.0107. The number of hydrogen-bond acceptors (Lipinski definition) is 12. The van der Waals surface area contributed by atoms with E-state index in [2.05, 4.69) is 355 Å². The molecule has 668 valence electrons. The van der Waals surface area contributed by atoms with Crippen molar-refractivity contribution in [2.24, 2.45) is 0 Å². The molecule has 0 radical (unpaired) electrons. The number of benzene rings is 18. The van der Waals surface area contributed by atoms with E-state index in [0.29, 0.717) is 69.9 Å². The van der Waals surface area contributed by atoms with Crippen molar-refractivity contribution in [3.8, 4) is 181 Å². The summed E-state index contributed by atoms with van der Waals surface area (Å²) in [5.41, 5.74) is 41.9. The Labute approximate surface area is 823 Å². The molecule has 0 aliphatic heterocycles. The highest BCUT2D eigenvalue weighted by Gasteiger charge is 2.46. The van der Waals surface area contributed by atoms with Crippen LogP contribution in [-0.4, -0.2) is 59.8 Å². The Morgan fingerprint density at radius 2 is 0.331 bits per heavy atom. The molecule has 8 aliphatic carbocycles. The fraction of sp³-hybridized carbons (Fsp3) is 0.0769. The Kier molecular flexibility index (Phi) is 19.6. The van der Waals surface area contributed by atoms with Crippen LogP contribution in [0.2, 0.25) is 0 Å². The lowest BCUT2D eigenvalue weighted by atomic mass is 9.61. The first-order chi connectivity index (χ1) is 69.9. The van der Waals surface area contributed by atoms with E-state index < -0.39 is 0 Å². The molecule has 4 unspecified atom stereocenters. The molecule has 12 nitrogen and oxygen atoms in total. The zero-order valence-electron chi connectivity index (χ0n) is 78.2. The highest BCUT2D eigenvalue weighted by Crippen LogP contribution is 2.61. The van der Waals surface area contributed by atoms with Crippen molar-refractivity contribution in [3.63, 3.8) is 0 Å². The summed E-state index contributed by atoms with van der Waals surface area (Å²) in [5, 5.41) is 0. The molecule has 0 N–H and O–H groups in total. The number of nitrogens with zero attached hydrogens (tertiary/aromatic N) is 12. The van der Waals surface area contributed by atoms with Gasteiger partial charge in [-0.05, 0) is 164 Å². The molecule has 0 spiro atoms. The molecule has 4 aromatic heterocycles. The van der Waals surface area contributed by atoms with Crippen LogP contribution in [0.15, 0.2) is 437 Å². The van der Waals surface area contributed by atoms with E-state index in [1.165, 1.54) is 122 Å². The predicted octanol–water partition coefficient (Wildman–Crippen LogP) is 30.0. The van der Waals surface area contributed by atoms with Gasteiger partial charge in [-0.25, -0.2) is 59.8 Å². The SMILES string of the molecule is CC1(C)c2ccccc2-c2cccc(-c3cccc(-c4nc(-c5ccccc5)nc(-c5ccc6c(c5)C5c7ccccc7C6c6cc(-c7nc(-c8ccccc8)nc(-c8ccccc8)n7)ccc65)n4)c3)c21.CC1(C)c2ccccc2-c2cccc(-c3ccccc3-c3nc(-c4ccccc4)nc(-c4ccc5c(c4)C4c6ccccc6C5c5cc(-c6nc(-c7ccccc7)nc(-c7ccccc7)n6)ccc54)n3)c21. The van der Waals surface area contributed by atoms with Crippen molar-refractivity contribution >= 4 is 0 Å². The second-order valence-electron chi connectivity index (χ2n) is 38.7. The van der Waals surface area contributed by atoms with Gasteiger partial charge in [-0.2, -0.15) is 0 Å². The molecule has 12 heteroatoms. The van der Waals surface area contributed by atoms with E-state index in [9.17, 15) is 0 Å². The minimum atomic E-state index is -0.193. The van der Waals surface area contributed by atoms with Crippen LogP contribution >= 0.6 is 0 Å². The molecular formula is C130H88N12. The lowest BCUT2D eigenvalue weighted by Crippen LogP contribution is -2.27. The summed E-state index contributed by atoms with van der Waals surface area (Å²) < 4.78 is 0. The fourth-order valence-electron chi connectivity index (χ4n) is 23.5. The van der Waals surface area contributed by atoms with Crippen LogP contribution in [0.3, 0.4) is 0 Å². The van der Waals surface area contributed by atoms with E-state index in [1.807, 2.05) is 109 Å². The fourth-order valence-corrected chi connectivity index (χ4v) is 23.5. The molecule has 30 rings (SSSR count). The van der Waals surface area contributed by atoms with Crippen molar-refractivity contribution in [1.29, 1.82) is 0 Å². The zero-order chi connectivity index (χ0) is 94.4. The smallest absolute Gasteiger partial charge is 0.164 e. The third kappa shape index (κ3) is 13.9. The molecule has 0 saturated heterocycles. The molecule has 0 fully saturated rings. The van der Waals surface area contributed by atoms with Gasteiger partial charge in [-0.15, -0.1) is 0 Å². The highest BCUT2D eigenvalue weighted by atomic mass is 15.1. The van der Waals surface area contributed by atoms with Crippen molar-refractivity contribution in [3.05, 3.63) is 526 Å². The lowest BCUT2D eigenvalue weighted by molar-refractivity contribution is 0.662. The molecule has 0 amide bonds. The monoisotopic (exact) mass is 1820 g/mol. The summed E-state index contributed by atoms with van der Waals surface area (Å²) in [7, 11) is 0. The Bertz CT molecular complexity index is 8750.